The van der Waals surface area contributed by atoms with E-state index in [1.165, 1.54) is 5.56 Å². The number of ether oxygens (including phenoxy) is 1. The van der Waals surface area contributed by atoms with Crippen LogP contribution in [0.1, 0.15) is 16.6 Å². The molecule has 64 valence electrons. The monoisotopic (exact) mass is 183 g/mol. The number of hydrogen-bond donors (Lipinski definition) is 1. The Labute approximate surface area is 76.3 Å². The van der Waals surface area contributed by atoms with Gasteiger partial charge in [0.05, 0.1) is 6.61 Å². The van der Waals surface area contributed by atoms with Gasteiger partial charge in [-0.05, 0) is 23.3 Å². The van der Waals surface area contributed by atoms with Crippen LogP contribution >= 0.6 is 11.6 Å². The van der Waals surface area contributed by atoms with Crippen molar-refractivity contribution in [3.63, 3.8) is 0 Å². The molecule has 1 unspecified atom stereocenters. The van der Waals surface area contributed by atoms with Gasteiger partial charge in [0, 0.05) is 6.42 Å². The number of alkyl halides is 1. The fourth-order valence-corrected chi connectivity index (χ4v) is 1.51. The summed E-state index contributed by atoms with van der Waals surface area (Å²) < 4.78 is 5.35. The second-order valence-electron chi connectivity index (χ2n) is 2.87. The summed E-state index contributed by atoms with van der Waals surface area (Å²) in [5.41, 5.74) is 7.30. The van der Waals surface area contributed by atoms with Crippen LogP contribution in [-0.4, -0.2) is 6.61 Å². The Bertz CT molecular complexity index is 299. The number of halogens is 1. The third-order valence-electron chi connectivity index (χ3n) is 2.03. The van der Waals surface area contributed by atoms with E-state index >= 15 is 0 Å². The van der Waals surface area contributed by atoms with Crippen molar-refractivity contribution in [1.82, 2.24) is 0 Å². The quantitative estimate of drug-likeness (QED) is 0.533. The van der Waals surface area contributed by atoms with Crippen LogP contribution in [0.25, 0.3) is 0 Å². The van der Waals surface area contributed by atoms with Crippen LogP contribution in [0.4, 0.5) is 0 Å². The second-order valence-corrected chi connectivity index (χ2v) is 3.34. The molecule has 0 aromatic heterocycles. The smallest absolute Gasteiger partial charge is 0.122 e. The first-order valence-corrected chi connectivity index (χ1v) is 4.36. The Morgan fingerprint density at radius 2 is 2.33 bits per heavy atom. The van der Waals surface area contributed by atoms with Crippen molar-refractivity contribution in [3.05, 3.63) is 29.3 Å². The molecule has 1 aromatic rings. The van der Waals surface area contributed by atoms with Crippen LogP contribution in [0.15, 0.2) is 18.2 Å². The maximum Gasteiger partial charge on any atom is 0.122 e. The second kappa shape index (κ2) is 2.96. The minimum Gasteiger partial charge on any atom is -0.493 e. The van der Waals surface area contributed by atoms with Crippen LogP contribution in [-0.2, 0) is 6.42 Å². The summed E-state index contributed by atoms with van der Waals surface area (Å²) in [4.78, 5) is 0. The van der Waals surface area contributed by atoms with E-state index in [2.05, 4.69) is 0 Å². The average Bonchev–Trinajstić information content (AvgIpc) is 2.49. The Morgan fingerprint density at radius 1 is 1.50 bits per heavy atom. The fourth-order valence-electron chi connectivity index (χ4n) is 1.38. The summed E-state index contributed by atoms with van der Waals surface area (Å²) in [6.45, 7) is 0.774. The van der Waals surface area contributed by atoms with Gasteiger partial charge in [-0.3, -0.25) is 0 Å². The van der Waals surface area contributed by atoms with Crippen molar-refractivity contribution in [2.75, 3.05) is 6.61 Å². The summed E-state index contributed by atoms with van der Waals surface area (Å²) in [6.07, 6.45) is 0.965. The molecule has 0 amide bonds. The van der Waals surface area contributed by atoms with Gasteiger partial charge in [0.15, 0.2) is 0 Å². The molecule has 1 aromatic carbocycles. The highest BCUT2D eigenvalue weighted by Crippen LogP contribution is 2.28. The molecule has 0 aliphatic carbocycles. The van der Waals surface area contributed by atoms with Gasteiger partial charge in [-0.15, -0.1) is 11.6 Å². The fraction of sp³-hybridized carbons (Fsp3) is 0.333. The highest BCUT2D eigenvalue weighted by atomic mass is 35.5. The molecule has 3 heteroatoms. The van der Waals surface area contributed by atoms with Crippen molar-refractivity contribution in [2.24, 2.45) is 5.73 Å². The van der Waals surface area contributed by atoms with Crippen LogP contribution in [0, 0.1) is 0 Å². The first kappa shape index (κ1) is 7.90. The molecule has 1 aliphatic rings. The largest absolute Gasteiger partial charge is 0.493 e. The molecule has 12 heavy (non-hydrogen) atoms. The highest BCUT2D eigenvalue weighted by molar-refractivity contribution is 6.20. The minimum atomic E-state index is -0.407. The first-order valence-electron chi connectivity index (χ1n) is 3.92. The molecule has 0 spiro atoms. The molecule has 1 aliphatic heterocycles. The average molecular weight is 184 g/mol. The zero-order valence-electron chi connectivity index (χ0n) is 6.59. The molecule has 1 heterocycles. The van der Waals surface area contributed by atoms with Gasteiger partial charge in [0.2, 0.25) is 0 Å². The van der Waals surface area contributed by atoms with E-state index in [0.29, 0.717) is 0 Å². The van der Waals surface area contributed by atoms with Crippen molar-refractivity contribution in [1.29, 1.82) is 0 Å². The van der Waals surface area contributed by atoms with E-state index in [-0.39, 0.29) is 0 Å². The summed E-state index contributed by atoms with van der Waals surface area (Å²) in [6, 6.07) is 5.85. The lowest BCUT2D eigenvalue weighted by atomic mass is 10.1. The lowest BCUT2D eigenvalue weighted by molar-refractivity contribution is 0.357. The Morgan fingerprint density at radius 3 is 3.08 bits per heavy atom. The van der Waals surface area contributed by atoms with Crippen molar-refractivity contribution >= 4 is 11.6 Å². The third-order valence-corrected chi connectivity index (χ3v) is 2.28. The maximum absolute atomic E-state index is 5.74. The standard InChI is InChI=1S/C9H10ClNO/c10-9(11)7-1-2-8-6(5-7)3-4-12-8/h1-2,5,9H,3-4,11H2. The number of benzene rings is 1. The molecule has 2 nitrogen and oxygen atoms in total. The van der Waals surface area contributed by atoms with E-state index in [9.17, 15) is 0 Å². The normalized spacial score (nSPS) is 16.8. The maximum atomic E-state index is 5.74. The van der Waals surface area contributed by atoms with E-state index in [1.807, 2.05) is 18.2 Å². The number of rotatable bonds is 1. The van der Waals surface area contributed by atoms with E-state index < -0.39 is 5.50 Å². The van der Waals surface area contributed by atoms with E-state index in [1.54, 1.807) is 0 Å². The van der Waals surface area contributed by atoms with E-state index in [0.717, 1.165) is 24.3 Å². The zero-order chi connectivity index (χ0) is 8.55. The van der Waals surface area contributed by atoms with Crippen molar-refractivity contribution < 1.29 is 4.74 Å². The predicted octanol–water partition coefficient (Wildman–Crippen LogP) is 1.82. The van der Waals surface area contributed by atoms with Crippen LogP contribution < -0.4 is 10.5 Å². The van der Waals surface area contributed by atoms with Crippen molar-refractivity contribution in [2.45, 2.75) is 11.9 Å². The van der Waals surface area contributed by atoms with Crippen LogP contribution in [0.3, 0.4) is 0 Å². The SMILES string of the molecule is NC(Cl)c1ccc2c(c1)CCO2. The van der Waals surface area contributed by atoms with Crippen LogP contribution in [0.5, 0.6) is 5.75 Å². The summed E-state index contributed by atoms with van der Waals surface area (Å²) in [5, 5.41) is 0. The lowest BCUT2D eigenvalue weighted by Gasteiger charge is -2.04. The number of fused-ring (bicyclic) bond motifs is 1. The molecule has 1 atom stereocenters. The highest BCUT2D eigenvalue weighted by Gasteiger charge is 2.13. The number of nitrogens with two attached hydrogens (primary N) is 1. The van der Waals surface area contributed by atoms with E-state index in [4.69, 9.17) is 22.1 Å². The molecule has 0 radical (unpaired) electrons. The molecule has 0 saturated heterocycles. The Balaban J connectivity index is 2.39. The summed E-state index contributed by atoms with van der Waals surface area (Å²) in [5.74, 6) is 0.969. The molecular weight excluding hydrogens is 174 g/mol. The first-order chi connectivity index (χ1) is 5.77. The van der Waals surface area contributed by atoms with Gasteiger partial charge in [-0.25, -0.2) is 0 Å². The molecule has 0 fully saturated rings. The van der Waals surface area contributed by atoms with Gasteiger partial charge in [-0.1, -0.05) is 6.07 Å². The Kier molecular flexibility index (Phi) is 1.95. The minimum absolute atomic E-state index is 0.407. The van der Waals surface area contributed by atoms with Gasteiger partial charge in [0.1, 0.15) is 11.3 Å². The molecular formula is C9H10ClNO. The van der Waals surface area contributed by atoms with Gasteiger partial charge in [0.25, 0.3) is 0 Å². The van der Waals surface area contributed by atoms with Crippen LogP contribution in [0.2, 0.25) is 0 Å². The third kappa shape index (κ3) is 1.28. The molecule has 0 bridgehead atoms. The number of hydrogen-bond acceptors (Lipinski definition) is 2. The Hall–Kier alpha value is -0.730. The zero-order valence-corrected chi connectivity index (χ0v) is 7.34. The lowest BCUT2D eigenvalue weighted by Crippen LogP contribution is -2.01. The molecule has 2 rings (SSSR count). The predicted molar refractivity (Wildman–Crippen MR) is 48.4 cm³/mol. The molecule has 0 saturated carbocycles. The summed E-state index contributed by atoms with van der Waals surface area (Å²) in [7, 11) is 0. The van der Waals surface area contributed by atoms with Crippen molar-refractivity contribution in [3.8, 4) is 5.75 Å². The topological polar surface area (TPSA) is 35.2 Å². The van der Waals surface area contributed by atoms with Gasteiger partial charge < -0.3 is 10.5 Å². The molecule has 2 N–H and O–H groups in total. The van der Waals surface area contributed by atoms with Gasteiger partial charge in [-0.2, -0.15) is 0 Å². The van der Waals surface area contributed by atoms with Gasteiger partial charge >= 0.3 is 0 Å². The summed E-state index contributed by atoms with van der Waals surface area (Å²) >= 11 is 5.74.